The Balaban J connectivity index is 0.715. The van der Waals surface area contributed by atoms with Crippen LogP contribution in [0.3, 0.4) is 0 Å². The highest BCUT2D eigenvalue weighted by Crippen LogP contribution is 2.46. The number of hydrogen-bond donors (Lipinski definition) is 3. The molecule has 4 aromatic heterocycles. The highest BCUT2D eigenvalue weighted by Gasteiger charge is 2.45. The molecule has 16 nitrogen and oxygen atoms in total. The molecule has 1 unspecified atom stereocenters. The fourth-order valence-corrected chi connectivity index (χ4v) is 9.23. The molecule has 6 aromatic rings. The number of piperidine rings is 1. The van der Waals surface area contributed by atoms with E-state index in [0.717, 1.165) is 128 Å². The van der Waals surface area contributed by atoms with Crippen LogP contribution >= 0.6 is 0 Å². The predicted molar refractivity (Wildman–Crippen MR) is 240 cm³/mol. The lowest BCUT2D eigenvalue weighted by Crippen LogP contribution is -2.49. The van der Waals surface area contributed by atoms with Crippen molar-refractivity contribution in [1.82, 2.24) is 45.6 Å². The van der Waals surface area contributed by atoms with Crippen molar-refractivity contribution in [3.8, 4) is 22.6 Å². The number of urea groups is 1. The minimum Gasteiger partial charge on any atom is -0.372 e. The first-order chi connectivity index (χ1) is 30.6. The largest absolute Gasteiger partial charge is 0.372 e. The van der Waals surface area contributed by atoms with Crippen LogP contribution in [-0.4, -0.2) is 105 Å². The lowest BCUT2D eigenvalue weighted by Gasteiger charge is -2.40. The van der Waals surface area contributed by atoms with Gasteiger partial charge < -0.3 is 24.6 Å². The number of piperazine rings is 1. The Hall–Kier alpha value is -6.68. The third-order valence-corrected chi connectivity index (χ3v) is 13.4. The fraction of sp³-hybridized carbons (Fsp3) is 0.404. The van der Waals surface area contributed by atoms with Gasteiger partial charge in [-0.05, 0) is 105 Å². The fourth-order valence-electron chi connectivity index (χ4n) is 9.23. The minimum atomic E-state index is -0.360. The molecule has 1 saturated carbocycles. The summed E-state index contributed by atoms with van der Waals surface area (Å²) in [6.07, 6.45) is 8.16. The van der Waals surface area contributed by atoms with Crippen LogP contribution in [0.2, 0.25) is 0 Å². The van der Waals surface area contributed by atoms with Crippen molar-refractivity contribution in [1.29, 1.82) is 0 Å². The summed E-state index contributed by atoms with van der Waals surface area (Å²) in [4.78, 5) is 67.8. The van der Waals surface area contributed by atoms with E-state index in [1.165, 1.54) is 5.69 Å². The number of anilines is 3. The zero-order chi connectivity index (χ0) is 43.2. The van der Waals surface area contributed by atoms with Gasteiger partial charge >= 0.3 is 6.03 Å². The Morgan fingerprint density at radius 2 is 1.63 bits per heavy atom. The third kappa shape index (κ3) is 8.34. The van der Waals surface area contributed by atoms with E-state index in [9.17, 15) is 14.4 Å². The standard InChI is InChI=1S/C47H52N12O4/c1-29-24-32(4-10-36(29)30(2)51-44(61)43-54-45(63-55-43)47(3)15-16-47)41-37-25-39(52-42(37)50-28-49-41)38-11-9-35(26-48-38)58-22-20-56(21-23-58)27-31-12-17-57(18-13-31)33-5-7-34(8-6-33)59-19-14-40(60)53-46(59)62/h4-11,24-26,28,30-31H,12-23,27H2,1-3H3,(H,51,61)(H,49,50,52)(H,53,60,62). The van der Waals surface area contributed by atoms with E-state index >= 15 is 0 Å². The molecular weight excluding hydrogens is 797 g/mol. The Morgan fingerprint density at radius 1 is 0.889 bits per heavy atom. The summed E-state index contributed by atoms with van der Waals surface area (Å²) < 4.78 is 5.38. The minimum absolute atomic E-state index is 0.0589. The molecule has 4 amide bonds. The molecule has 1 aliphatic carbocycles. The number of fused-ring (bicyclic) bond motifs is 1. The number of aryl methyl sites for hydroxylation is 1. The van der Waals surface area contributed by atoms with Gasteiger partial charge in [0.2, 0.25) is 11.8 Å². The number of rotatable bonds is 11. The van der Waals surface area contributed by atoms with E-state index in [2.05, 4.69) is 93.7 Å². The summed E-state index contributed by atoms with van der Waals surface area (Å²) in [6, 6.07) is 20.0. The van der Waals surface area contributed by atoms with Gasteiger partial charge in [0, 0.05) is 86.5 Å². The molecule has 63 heavy (non-hydrogen) atoms. The molecule has 1 atom stereocenters. The number of nitrogens with zero attached hydrogens (tertiary/aromatic N) is 9. The number of carbonyl (C=O) groups excluding carboxylic acids is 3. The molecule has 324 valence electrons. The van der Waals surface area contributed by atoms with Crippen molar-refractivity contribution in [2.45, 2.75) is 64.3 Å². The smallest absolute Gasteiger partial charge is 0.328 e. The van der Waals surface area contributed by atoms with Crippen molar-refractivity contribution in [2.24, 2.45) is 5.92 Å². The number of benzene rings is 2. The molecule has 4 fully saturated rings. The van der Waals surface area contributed by atoms with Gasteiger partial charge in [0.05, 0.1) is 35.0 Å². The van der Waals surface area contributed by atoms with E-state index in [4.69, 9.17) is 9.51 Å². The topological polar surface area (TPSA) is 182 Å². The highest BCUT2D eigenvalue weighted by atomic mass is 16.5. The van der Waals surface area contributed by atoms with Gasteiger partial charge in [-0.1, -0.05) is 24.2 Å². The summed E-state index contributed by atoms with van der Waals surface area (Å²) in [7, 11) is 0. The number of hydrogen-bond acceptors (Lipinski definition) is 12. The van der Waals surface area contributed by atoms with Gasteiger partial charge in [-0.15, -0.1) is 0 Å². The summed E-state index contributed by atoms with van der Waals surface area (Å²) in [5.41, 5.74) is 9.25. The van der Waals surface area contributed by atoms with Gasteiger partial charge in [-0.2, -0.15) is 4.98 Å². The maximum absolute atomic E-state index is 13.0. The lowest BCUT2D eigenvalue weighted by atomic mass is 9.95. The van der Waals surface area contributed by atoms with Crippen molar-refractivity contribution in [3.05, 3.63) is 96.0 Å². The average molecular weight is 849 g/mol. The number of H-pyrrole nitrogens is 1. The summed E-state index contributed by atoms with van der Waals surface area (Å²) >= 11 is 0. The van der Waals surface area contributed by atoms with Crippen LogP contribution < -0.4 is 25.3 Å². The SMILES string of the molecule is Cc1cc(-c2ncnc3[nH]c(-c4ccc(N5CCN(CC6CCN(c7ccc(N8CCC(=O)NC8=O)cc7)CC6)CC5)cn4)cc23)ccc1C(C)NC(=O)c1noc(C2(C)CC2)n1. The summed E-state index contributed by atoms with van der Waals surface area (Å²) in [5.74, 6) is 0.676. The van der Waals surface area contributed by atoms with Crippen LogP contribution in [0.1, 0.15) is 79.6 Å². The Morgan fingerprint density at radius 3 is 2.35 bits per heavy atom. The van der Waals surface area contributed by atoms with Crippen molar-refractivity contribution >= 4 is 45.9 Å². The molecule has 3 N–H and O–H groups in total. The molecular formula is C47H52N12O4. The molecule has 10 rings (SSSR count). The van der Waals surface area contributed by atoms with Crippen LogP contribution in [0.4, 0.5) is 21.9 Å². The first-order valence-corrected chi connectivity index (χ1v) is 22.1. The van der Waals surface area contributed by atoms with E-state index in [0.29, 0.717) is 24.8 Å². The van der Waals surface area contributed by atoms with Gasteiger partial charge in [-0.25, -0.2) is 14.8 Å². The highest BCUT2D eigenvalue weighted by molar-refractivity contribution is 6.05. The second-order valence-electron chi connectivity index (χ2n) is 17.8. The Labute approximate surface area is 365 Å². The van der Waals surface area contributed by atoms with Gasteiger partial charge in [-0.3, -0.25) is 29.7 Å². The first kappa shape index (κ1) is 40.4. The normalized spacial score (nSPS) is 18.7. The molecule has 3 saturated heterocycles. The third-order valence-electron chi connectivity index (χ3n) is 13.4. The number of aromatic nitrogens is 6. The Kier molecular flexibility index (Phi) is 10.6. The zero-order valence-electron chi connectivity index (χ0n) is 35.9. The molecule has 0 spiro atoms. The quantitative estimate of drug-likeness (QED) is 0.131. The van der Waals surface area contributed by atoms with Gasteiger partial charge in [0.25, 0.3) is 11.7 Å². The number of imide groups is 1. The number of pyridine rings is 1. The monoisotopic (exact) mass is 848 g/mol. The van der Waals surface area contributed by atoms with Crippen LogP contribution in [-0.2, 0) is 10.2 Å². The van der Waals surface area contributed by atoms with Crippen molar-refractivity contribution in [2.75, 3.05) is 67.1 Å². The van der Waals surface area contributed by atoms with E-state index in [1.807, 2.05) is 44.3 Å². The van der Waals surface area contributed by atoms with Crippen LogP contribution in [0.25, 0.3) is 33.7 Å². The van der Waals surface area contributed by atoms with E-state index in [-0.39, 0.29) is 35.1 Å². The van der Waals surface area contributed by atoms with Crippen LogP contribution in [0, 0.1) is 12.8 Å². The second kappa shape index (κ2) is 16.5. The number of amides is 4. The van der Waals surface area contributed by atoms with Crippen LogP contribution in [0.5, 0.6) is 0 Å². The summed E-state index contributed by atoms with van der Waals surface area (Å²) in [6.45, 7) is 13.6. The molecule has 0 bridgehead atoms. The van der Waals surface area contributed by atoms with E-state index < -0.39 is 0 Å². The Bertz CT molecular complexity index is 2660. The summed E-state index contributed by atoms with van der Waals surface area (Å²) in [5, 5.41) is 10.3. The number of aromatic amines is 1. The zero-order valence-corrected chi connectivity index (χ0v) is 35.9. The average Bonchev–Trinajstić information content (AvgIpc) is 3.63. The lowest BCUT2D eigenvalue weighted by molar-refractivity contribution is -0.120. The van der Waals surface area contributed by atoms with Crippen molar-refractivity contribution in [3.63, 3.8) is 0 Å². The molecule has 16 heteroatoms. The number of carbonyl (C=O) groups is 3. The second-order valence-corrected chi connectivity index (χ2v) is 17.8. The molecule has 0 radical (unpaired) electrons. The maximum Gasteiger partial charge on any atom is 0.328 e. The number of nitrogens with one attached hydrogen (secondary N) is 3. The molecule has 2 aromatic carbocycles. The molecule has 7 heterocycles. The van der Waals surface area contributed by atoms with E-state index in [1.54, 1.807) is 11.2 Å². The maximum atomic E-state index is 13.0. The first-order valence-electron chi connectivity index (χ1n) is 22.1. The van der Waals surface area contributed by atoms with Gasteiger partial charge in [0.15, 0.2) is 0 Å². The van der Waals surface area contributed by atoms with Crippen molar-refractivity contribution < 1.29 is 18.9 Å². The molecule has 3 aliphatic heterocycles. The molecule has 4 aliphatic rings. The van der Waals surface area contributed by atoms with Crippen LogP contribution in [0.15, 0.2) is 77.7 Å². The van der Waals surface area contributed by atoms with Gasteiger partial charge in [0.1, 0.15) is 12.0 Å². The predicted octanol–water partition coefficient (Wildman–Crippen LogP) is 6.41.